The maximum Gasteiger partial charge on any atom is 0.259 e. The Morgan fingerprint density at radius 2 is 2.00 bits per heavy atom. The van der Waals surface area contributed by atoms with E-state index in [1.54, 1.807) is 6.20 Å². The van der Waals surface area contributed by atoms with E-state index in [0.717, 1.165) is 15.4 Å². The molecule has 0 aliphatic heterocycles. The fraction of sp³-hybridized carbons (Fsp3) is 0.154. The lowest BCUT2D eigenvalue weighted by Crippen LogP contribution is -1.92. The number of hydrogen-bond acceptors (Lipinski definition) is 5. The highest BCUT2D eigenvalue weighted by molar-refractivity contribution is 7.14. The standard InChI is InChI=1S/C13H10ClN3OS/c1-8-15-7-10(19-8)12-16-17-13(18-12)11(14)9-5-3-2-4-6-9/h2-7,11H,1H3. The van der Waals surface area contributed by atoms with Crippen molar-refractivity contribution >= 4 is 22.9 Å². The van der Waals surface area contributed by atoms with Crippen LogP contribution in [0.2, 0.25) is 0 Å². The lowest BCUT2D eigenvalue weighted by Gasteiger charge is -2.03. The van der Waals surface area contributed by atoms with Crippen molar-refractivity contribution in [3.63, 3.8) is 0 Å². The van der Waals surface area contributed by atoms with Crippen LogP contribution in [0, 0.1) is 6.92 Å². The van der Waals surface area contributed by atoms with Crippen LogP contribution in [0.15, 0.2) is 40.9 Å². The normalized spacial score (nSPS) is 12.5. The van der Waals surface area contributed by atoms with E-state index in [9.17, 15) is 0 Å². The molecule has 2 heterocycles. The van der Waals surface area contributed by atoms with Crippen molar-refractivity contribution < 1.29 is 4.42 Å². The fourth-order valence-electron chi connectivity index (χ4n) is 1.66. The summed E-state index contributed by atoms with van der Waals surface area (Å²) >= 11 is 7.84. The Bertz CT molecular complexity index is 680. The summed E-state index contributed by atoms with van der Waals surface area (Å²) in [5, 5.41) is 8.55. The van der Waals surface area contributed by atoms with E-state index in [2.05, 4.69) is 15.2 Å². The second-order valence-electron chi connectivity index (χ2n) is 3.96. The molecule has 6 heteroatoms. The minimum absolute atomic E-state index is 0.397. The van der Waals surface area contributed by atoms with Gasteiger partial charge in [0.25, 0.3) is 5.89 Å². The number of halogens is 1. The molecule has 2 aromatic heterocycles. The van der Waals surface area contributed by atoms with E-state index < -0.39 is 5.38 Å². The Hall–Kier alpha value is -1.72. The first-order valence-electron chi connectivity index (χ1n) is 5.69. The van der Waals surface area contributed by atoms with E-state index in [1.807, 2.05) is 37.3 Å². The molecule has 0 bridgehead atoms. The zero-order valence-electron chi connectivity index (χ0n) is 10.1. The summed E-state index contributed by atoms with van der Waals surface area (Å²) in [6, 6.07) is 9.65. The van der Waals surface area contributed by atoms with Crippen molar-refractivity contribution in [2.24, 2.45) is 0 Å². The summed E-state index contributed by atoms with van der Waals surface area (Å²) in [7, 11) is 0. The first kappa shape index (κ1) is 12.3. The molecule has 19 heavy (non-hydrogen) atoms. The molecule has 1 aromatic carbocycles. The van der Waals surface area contributed by atoms with Gasteiger partial charge in [0.05, 0.1) is 11.2 Å². The minimum Gasteiger partial charge on any atom is -0.418 e. The van der Waals surface area contributed by atoms with Gasteiger partial charge in [-0.3, -0.25) is 0 Å². The predicted molar refractivity (Wildman–Crippen MR) is 74.3 cm³/mol. The molecule has 3 rings (SSSR count). The molecule has 0 aliphatic rings. The molecule has 4 nitrogen and oxygen atoms in total. The first-order valence-corrected chi connectivity index (χ1v) is 6.94. The molecule has 1 atom stereocenters. The third kappa shape index (κ3) is 2.52. The summed E-state index contributed by atoms with van der Waals surface area (Å²) in [4.78, 5) is 5.02. The molecule has 0 radical (unpaired) electrons. The van der Waals surface area contributed by atoms with E-state index in [-0.39, 0.29) is 0 Å². The molecule has 96 valence electrons. The Kier molecular flexibility index (Phi) is 3.31. The largest absolute Gasteiger partial charge is 0.418 e. The summed E-state index contributed by atoms with van der Waals surface area (Å²) in [5.41, 5.74) is 0.930. The summed E-state index contributed by atoms with van der Waals surface area (Å²) in [6.07, 6.45) is 1.73. The fourth-order valence-corrected chi connectivity index (χ4v) is 2.59. The molecule has 0 saturated heterocycles. The highest BCUT2D eigenvalue weighted by Crippen LogP contribution is 2.31. The number of nitrogens with zero attached hydrogens (tertiary/aromatic N) is 3. The van der Waals surface area contributed by atoms with Gasteiger partial charge in [0.15, 0.2) is 0 Å². The molecule has 0 saturated carbocycles. The van der Waals surface area contributed by atoms with Gasteiger partial charge in [-0.1, -0.05) is 30.3 Å². The van der Waals surface area contributed by atoms with Crippen LogP contribution in [0.4, 0.5) is 0 Å². The number of alkyl halides is 1. The second-order valence-corrected chi connectivity index (χ2v) is 5.63. The van der Waals surface area contributed by atoms with Crippen LogP contribution in [-0.4, -0.2) is 15.2 Å². The second kappa shape index (κ2) is 5.11. The zero-order valence-corrected chi connectivity index (χ0v) is 11.6. The van der Waals surface area contributed by atoms with Gasteiger partial charge >= 0.3 is 0 Å². The number of aromatic nitrogens is 3. The van der Waals surface area contributed by atoms with Crippen molar-refractivity contribution in [3.8, 4) is 10.8 Å². The molecule has 0 N–H and O–H groups in total. The molecule has 0 aliphatic carbocycles. The monoisotopic (exact) mass is 291 g/mol. The smallest absolute Gasteiger partial charge is 0.259 e. The lowest BCUT2D eigenvalue weighted by atomic mass is 10.1. The Labute approximate surface area is 119 Å². The molecular formula is C13H10ClN3OS. The van der Waals surface area contributed by atoms with Crippen LogP contribution in [0.3, 0.4) is 0 Å². The van der Waals surface area contributed by atoms with Gasteiger partial charge in [0, 0.05) is 0 Å². The quantitative estimate of drug-likeness (QED) is 0.688. The highest BCUT2D eigenvalue weighted by atomic mass is 35.5. The summed E-state index contributed by atoms with van der Waals surface area (Å²) in [6.45, 7) is 1.93. The van der Waals surface area contributed by atoms with E-state index in [0.29, 0.717) is 11.8 Å². The van der Waals surface area contributed by atoms with Gasteiger partial charge in [0.1, 0.15) is 10.3 Å². The highest BCUT2D eigenvalue weighted by Gasteiger charge is 2.19. The Morgan fingerprint density at radius 1 is 1.21 bits per heavy atom. The maximum absolute atomic E-state index is 6.33. The lowest BCUT2D eigenvalue weighted by molar-refractivity contribution is 0.514. The average Bonchev–Trinajstić information content (AvgIpc) is 3.07. The van der Waals surface area contributed by atoms with Gasteiger partial charge < -0.3 is 4.42 Å². The number of rotatable bonds is 3. The number of aryl methyl sites for hydroxylation is 1. The van der Waals surface area contributed by atoms with Crippen molar-refractivity contribution in [1.29, 1.82) is 0 Å². The van der Waals surface area contributed by atoms with E-state index in [1.165, 1.54) is 11.3 Å². The maximum atomic E-state index is 6.33. The van der Waals surface area contributed by atoms with Crippen LogP contribution < -0.4 is 0 Å². The topological polar surface area (TPSA) is 51.8 Å². The third-order valence-corrected chi connectivity index (χ3v) is 3.92. The number of benzene rings is 1. The van der Waals surface area contributed by atoms with Crippen molar-refractivity contribution in [2.75, 3.05) is 0 Å². The van der Waals surface area contributed by atoms with Gasteiger partial charge in [-0.05, 0) is 12.5 Å². The van der Waals surface area contributed by atoms with Crippen LogP contribution >= 0.6 is 22.9 Å². The Balaban J connectivity index is 1.89. The van der Waals surface area contributed by atoms with Crippen LogP contribution in [0.1, 0.15) is 21.8 Å². The molecule has 0 fully saturated rings. The summed E-state index contributed by atoms with van der Waals surface area (Å²) < 4.78 is 5.62. The number of thiazole rings is 1. The molecular weight excluding hydrogens is 282 g/mol. The van der Waals surface area contributed by atoms with Crippen molar-refractivity contribution in [2.45, 2.75) is 12.3 Å². The van der Waals surface area contributed by atoms with Crippen LogP contribution in [0.5, 0.6) is 0 Å². The van der Waals surface area contributed by atoms with Gasteiger partial charge in [-0.15, -0.1) is 33.1 Å². The van der Waals surface area contributed by atoms with Gasteiger partial charge in [0.2, 0.25) is 5.89 Å². The minimum atomic E-state index is -0.434. The van der Waals surface area contributed by atoms with Crippen LogP contribution in [-0.2, 0) is 0 Å². The molecule has 1 unspecified atom stereocenters. The van der Waals surface area contributed by atoms with E-state index >= 15 is 0 Å². The third-order valence-electron chi connectivity index (χ3n) is 2.58. The number of hydrogen-bond donors (Lipinski definition) is 0. The zero-order chi connectivity index (χ0) is 13.2. The van der Waals surface area contributed by atoms with E-state index in [4.69, 9.17) is 16.0 Å². The van der Waals surface area contributed by atoms with Gasteiger partial charge in [-0.2, -0.15) is 0 Å². The molecule has 0 spiro atoms. The average molecular weight is 292 g/mol. The van der Waals surface area contributed by atoms with Crippen LogP contribution in [0.25, 0.3) is 10.8 Å². The Morgan fingerprint density at radius 3 is 2.68 bits per heavy atom. The van der Waals surface area contributed by atoms with Crippen molar-refractivity contribution in [1.82, 2.24) is 15.2 Å². The predicted octanol–water partition coefficient (Wildman–Crippen LogP) is 3.83. The first-order chi connectivity index (χ1) is 9.24. The van der Waals surface area contributed by atoms with Crippen molar-refractivity contribution in [3.05, 3.63) is 53.0 Å². The SMILES string of the molecule is Cc1ncc(-c2nnc(C(Cl)c3ccccc3)o2)s1. The summed E-state index contributed by atoms with van der Waals surface area (Å²) in [5.74, 6) is 0.858. The van der Waals surface area contributed by atoms with Gasteiger partial charge in [-0.25, -0.2) is 4.98 Å². The molecule has 3 aromatic rings. The molecule has 0 amide bonds.